The van der Waals surface area contributed by atoms with E-state index in [1.54, 1.807) is 38.1 Å². The zero-order valence-corrected chi connectivity index (χ0v) is 19.0. The number of carbonyl (C=O) groups excluding carboxylic acids is 4. The predicted molar refractivity (Wildman–Crippen MR) is 121 cm³/mol. The molecule has 1 saturated heterocycles. The summed E-state index contributed by atoms with van der Waals surface area (Å²) in [5.41, 5.74) is 2.08. The first-order chi connectivity index (χ1) is 14.5. The Bertz CT molecular complexity index is 1100. The number of hydrogen-bond acceptors (Lipinski definition) is 4. The van der Waals surface area contributed by atoms with Gasteiger partial charge in [0, 0.05) is 34.3 Å². The molecule has 1 aliphatic rings. The number of nitrogens with zero attached hydrogens (tertiary/aromatic N) is 1. The van der Waals surface area contributed by atoms with Gasteiger partial charge in [0.05, 0.1) is 6.04 Å². The van der Waals surface area contributed by atoms with E-state index < -0.39 is 29.6 Å². The van der Waals surface area contributed by atoms with Crippen LogP contribution in [0.2, 0.25) is 10.0 Å². The molecular formula is C23H22Cl2N2O4. The molecule has 1 N–H and O–H groups in total. The molecule has 31 heavy (non-hydrogen) atoms. The van der Waals surface area contributed by atoms with Gasteiger partial charge in [0.15, 0.2) is 0 Å². The Kier molecular flexibility index (Phi) is 6.53. The van der Waals surface area contributed by atoms with E-state index >= 15 is 0 Å². The second kappa shape index (κ2) is 8.81. The summed E-state index contributed by atoms with van der Waals surface area (Å²) in [4.78, 5) is 51.9. The fourth-order valence-electron chi connectivity index (χ4n) is 3.87. The first-order valence-electron chi connectivity index (χ1n) is 9.76. The summed E-state index contributed by atoms with van der Waals surface area (Å²) in [5.74, 6) is -3.78. The van der Waals surface area contributed by atoms with Crippen molar-refractivity contribution in [3.63, 3.8) is 0 Å². The summed E-state index contributed by atoms with van der Waals surface area (Å²) >= 11 is 12.3. The van der Waals surface area contributed by atoms with Crippen molar-refractivity contribution in [2.75, 3.05) is 10.2 Å². The summed E-state index contributed by atoms with van der Waals surface area (Å²) < 4.78 is 0. The van der Waals surface area contributed by atoms with Gasteiger partial charge in [-0.2, -0.15) is 0 Å². The largest absolute Gasteiger partial charge is 0.326 e. The van der Waals surface area contributed by atoms with Crippen LogP contribution in [0.15, 0.2) is 36.4 Å². The van der Waals surface area contributed by atoms with Gasteiger partial charge < -0.3 is 5.32 Å². The maximum Gasteiger partial charge on any atom is 0.295 e. The van der Waals surface area contributed by atoms with E-state index in [1.165, 1.54) is 24.0 Å². The maximum absolute atomic E-state index is 13.1. The van der Waals surface area contributed by atoms with Crippen LogP contribution in [0, 0.1) is 18.8 Å². The van der Waals surface area contributed by atoms with Crippen molar-refractivity contribution in [3.05, 3.63) is 57.6 Å². The minimum Gasteiger partial charge on any atom is -0.326 e. The number of rotatable bonds is 5. The Morgan fingerprint density at radius 2 is 1.71 bits per heavy atom. The average molecular weight is 461 g/mol. The van der Waals surface area contributed by atoms with Crippen molar-refractivity contribution in [3.8, 4) is 0 Å². The summed E-state index contributed by atoms with van der Waals surface area (Å²) in [5, 5.41) is 3.41. The molecule has 0 bridgehead atoms. The Balaban J connectivity index is 2.23. The minimum atomic E-state index is -1.16. The number of hydrogen-bond donors (Lipinski definition) is 1. The number of ketones is 2. The lowest BCUT2D eigenvalue weighted by atomic mass is 9.83. The number of amides is 2. The second-order valence-electron chi connectivity index (χ2n) is 7.90. The monoisotopic (exact) mass is 460 g/mol. The van der Waals surface area contributed by atoms with E-state index in [0.29, 0.717) is 22.0 Å². The first kappa shape index (κ1) is 23.0. The fourth-order valence-corrected chi connectivity index (χ4v) is 4.33. The van der Waals surface area contributed by atoms with Crippen molar-refractivity contribution in [1.29, 1.82) is 0 Å². The van der Waals surface area contributed by atoms with Gasteiger partial charge in [-0.15, -0.1) is 0 Å². The van der Waals surface area contributed by atoms with E-state index in [-0.39, 0.29) is 16.7 Å². The summed E-state index contributed by atoms with van der Waals surface area (Å²) in [6.45, 7) is 6.55. The van der Waals surface area contributed by atoms with E-state index in [9.17, 15) is 19.2 Å². The van der Waals surface area contributed by atoms with Gasteiger partial charge in [-0.25, -0.2) is 0 Å². The molecule has 1 fully saturated rings. The topological polar surface area (TPSA) is 83.6 Å². The second-order valence-corrected chi connectivity index (χ2v) is 8.77. The predicted octanol–water partition coefficient (Wildman–Crippen LogP) is 4.76. The number of halogens is 2. The molecule has 2 unspecified atom stereocenters. The molecule has 0 aliphatic carbocycles. The van der Waals surface area contributed by atoms with Gasteiger partial charge in [-0.3, -0.25) is 24.1 Å². The van der Waals surface area contributed by atoms with Crippen molar-refractivity contribution in [2.45, 2.75) is 33.7 Å². The lowest BCUT2D eigenvalue weighted by Crippen LogP contribution is -2.32. The number of anilines is 2. The highest BCUT2D eigenvalue weighted by Gasteiger charge is 2.52. The molecule has 0 radical (unpaired) electrons. The molecular weight excluding hydrogens is 439 g/mol. The SMILES string of the molecule is CC(=O)Nc1cc(Cl)cc(N2C(=O)C(=O)C(C(=O)C(C)C)C2c2ccc(Cl)cc2C)c1. The normalized spacial score (nSPS) is 18.6. The van der Waals surface area contributed by atoms with E-state index in [1.807, 2.05) is 6.92 Å². The van der Waals surface area contributed by atoms with Gasteiger partial charge in [0.1, 0.15) is 11.7 Å². The van der Waals surface area contributed by atoms with Crippen LogP contribution in [0.25, 0.3) is 0 Å². The van der Waals surface area contributed by atoms with Crippen molar-refractivity contribution in [1.82, 2.24) is 0 Å². The van der Waals surface area contributed by atoms with Crippen LogP contribution in [0.5, 0.6) is 0 Å². The summed E-state index contributed by atoms with van der Waals surface area (Å²) in [7, 11) is 0. The van der Waals surface area contributed by atoms with Crippen molar-refractivity contribution < 1.29 is 19.2 Å². The molecule has 2 amide bonds. The van der Waals surface area contributed by atoms with E-state index in [4.69, 9.17) is 23.2 Å². The van der Waals surface area contributed by atoms with E-state index in [0.717, 1.165) is 5.56 Å². The Labute approximate surface area is 190 Å². The Morgan fingerprint density at radius 1 is 1.03 bits per heavy atom. The summed E-state index contributed by atoms with van der Waals surface area (Å²) in [6.07, 6.45) is 0. The smallest absolute Gasteiger partial charge is 0.295 e. The lowest BCUT2D eigenvalue weighted by molar-refractivity contribution is -0.139. The molecule has 0 spiro atoms. The number of nitrogens with one attached hydrogen (secondary N) is 1. The molecule has 0 aromatic heterocycles. The third-order valence-electron chi connectivity index (χ3n) is 5.21. The van der Waals surface area contributed by atoms with Gasteiger partial charge in [-0.1, -0.05) is 43.1 Å². The maximum atomic E-state index is 13.1. The molecule has 0 saturated carbocycles. The van der Waals surface area contributed by atoms with Gasteiger partial charge in [0.25, 0.3) is 5.91 Å². The quantitative estimate of drug-likeness (QED) is 0.514. The van der Waals surface area contributed by atoms with Crippen LogP contribution in [0.3, 0.4) is 0 Å². The molecule has 8 heteroatoms. The van der Waals surface area contributed by atoms with Crippen LogP contribution < -0.4 is 10.2 Å². The highest BCUT2D eigenvalue weighted by molar-refractivity contribution is 6.48. The Morgan fingerprint density at radius 3 is 2.29 bits per heavy atom. The molecule has 3 rings (SSSR count). The first-order valence-corrected chi connectivity index (χ1v) is 10.5. The number of aryl methyl sites for hydroxylation is 1. The zero-order chi connectivity index (χ0) is 23.0. The minimum absolute atomic E-state index is 0.270. The molecule has 1 aliphatic heterocycles. The highest BCUT2D eigenvalue weighted by atomic mass is 35.5. The van der Waals surface area contributed by atoms with Gasteiger partial charge in [0.2, 0.25) is 11.7 Å². The molecule has 2 atom stereocenters. The van der Waals surface area contributed by atoms with Crippen LogP contribution in [-0.2, 0) is 19.2 Å². The Hall–Kier alpha value is -2.70. The lowest BCUT2D eigenvalue weighted by Gasteiger charge is -2.29. The molecule has 2 aromatic rings. The third-order valence-corrected chi connectivity index (χ3v) is 5.67. The third kappa shape index (κ3) is 4.50. The fraction of sp³-hybridized carbons (Fsp3) is 0.304. The molecule has 6 nitrogen and oxygen atoms in total. The van der Waals surface area contributed by atoms with Crippen LogP contribution in [-0.4, -0.2) is 23.4 Å². The van der Waals surface area contributed by atoms with Crippen LogP contribution >= 0.6 is 23.2 Å². The average Bonchev–Trinajstić information content (AvgIpc) is 2.91. The van der Waals surface area contributed by atoms with Gasteiger partial charge in [-0.05, 0) is 48.4 Å². The number of Topliss-reactive ketones (excluding diaryl/α,β-unsaturated/α-hetero) is 2. The number of carbonyl (C=O) groups is 4. The van der Waals surface area contributed by atoms with Crippen molar-refractivity contribution in [2.24, 2.45) is 11.8 Å². The standard InChI is InChI=1S/C23H22Cl2N2O4/c1-11(2)21(29)19-20(18-6-5-14(24)7-12(18)3)27(23(31)22(19)30)17-9-15(25)8-16(10-17)26-13(4)28/h5-11,19-20H,1-4H3,(H,26,28). The van der Waals surface area contributed by atoms with Gasteiger partial charge >= 0.3 is 0 Å². The van der Waals surface area contributed by atoms with Crippen molar-refractivity contribution >= 4 is 58.0 Å². The van der Waals surface area contributed by atoms with E-state index in [2.05, 4.69) is 5.32 Å². The zero-order valence-electron chi connectivity index (χ0n) is 17.5. The van der Waals surface area contributed by atoms with Crippen LogP contribution in [0.1, 0.15) is 37.9 Å². The molecule has 2 aromatic carbocycles. The molecule has 162 valence electrons. The molecule has 1 heterocycles. The number of benzene rings is 2. The van der Waals surface area contributed by atoms with Crippen LogP contribution in [0.4, 0.5) is 11.4 Å². The highest BCUT2D eigenvalue weighted by Crippen LogP contribution is 2.43. The summed E-state index contributed by atoms with van der Waals surface area (Å²) in [6, 6.07) is 8.87.